The fraction of sp³-hybridized carbons (Fsp3) is 0.553. The van der Waals surface area contributed by atoms with E-state index in [0.29, 0.717) is 6.61 Å². The highest BCUT2D eigenvalue weighted by Gasteiger charge is 2.41. The first kappa shape index (κ1) is 40.9. The van der Waals surface area contributed by atoms with E-state index in [1.165, 1.54) is 0 Å². The molecule has 0 saturated carbocycles. The lowest BCUT2D eigenvalue weighted by atomic mass is 10.1. The van der Waals surface area contributed by atoms with Crippen molar-refractivity contribution in [2.75, 3.05) is 0 Å². The van der Waals surface area contributed by atoms with Gasteiger partial charge in [0.2, 0.25) is 0 Å². The molecular formula is C38H58IN5O3SSi2. The van der Waals surface area contributed by atoms with E-state index in [2.05, 4.69) is 114 Å². The number of fused-ring (bicyclic) bond motifs is 1. The van der Waals surface area contributed by atoms with Crippen LogP contribution in [0.15, 0.2) is 54.7 Å². The molecule has 12 heteroatoms. The van der Waals surface area contributed by atoms with Crippen molar-refractivity contribution < 1.29 is 13.4 Å². The summed E-state index contributed by atoms with van der Waals surface area (Å²) in [6.07, 6.45) is 3.57. The molecule has 0 amide bonds. The lowest BCUT2D eigenvalue weighted by molar-refractivity contribution is 0.272. The summed E-state index contributed by atoms with van der Waals surface area (Å²) in [5.41, 5.74) is 4.32. The molecule has 0 radical (unpaired) electrons. The Labute approximate surface area is 319 Å². The summed E-state index contributed by atoms with van der Waals surface area (Å²) in [4.78, 5) is 10.2. The van der Waals surface area contributed by atoms with E-state index in [0.717, 1.165) is 58.0 Å². The van der Waals surface area contributed by atoms with Gasteiger partial charge in [-0.2, -0.15) is 5.10 Å². The molecule has 4 rings (SSSR count). The van der Waals surface area contributed by atoms with Crippen LogP contribution in [-0.4, -0.2) is 45.7 Å². The van der Waals surface area contributed by atoms with E-state index in [9.17, 15) is 4.55 Å². The summed E-state index contributed by atoms with van der Waals surface area (Å²) < 4.78 is 31.2. The Morgan fingerprint density at radius 1 is 0.880 bits per heavy atom. The lowest BCUT2D eigenvalue weighted by Crippen LogP contribution is -2.48. The third-order valence-corrected chi connectivity index (χ3v) is 22.3. The molecule has 0 aliphatic carbocycles. The monoisotopic (exact) mass is 847 g/mol. The Bertz CT molecular complexity index is 1800. The van der Waals surface area contributed by atoms with Gasteiger partial charge in [0, 0.05) is 16.9 Å². The Hall–Kier alpha value is -1.82. The normalized spacial score (nSPS) is 15.3. The predicted molar refractivity (Wildman–Crippen MR) is 224 cm³/mol. The van der Waals surface area contributed by atoms with Crippen molar-refractivity contribution in [3.63, 3.8) is 0 Å². The fourth-order valence-electron chi connectivity index (χ4n) is 4.77. The smallest absolute Gasteiger partial charge is 0.250 e. The molecule has 4 aromatic rings. The molecule has 0 bridgehead atoms. The van der Waals surface area contributed by atoms with Gasteiger partial charge in [0.1, 0.15) is 10.5 Å². The highest BCUT2D eigenvalue weighted by molar-refractivity contribution is 14.1. The Morgan fingerprint density at radius 3 is 2.12 bits per heavy atom. The molecule has 2 atom stereocenters. The summed E-state index contributed by atoms with van der Waals surface area (Å²) in [5.74, 6) is 1.51. The number of benzene rings is 1. The summed E-state index contributed by atoms with van der Waals surface area (Å²) in [7, 11) is -4.18. The van der Waals surface area contributed by atoms with Crippen LogP contribution in [0.2, 0.25) is 36.3 Å². The van der Waals surface area contributed by atoms with E-state index in [1.54, 1.807) is 0 Å². The summed E-state index contributed by atoms with van der Waals surface area (Å²) in [6.45, 7) is 31.1. The second-order valence-electron chi connectivity index (χ2n) is 17.3. The highest BCUT2D eigenvalue weighted by Crippen LogP contribution is 2.42. The first-order valence-corrected chi connectivity index (χ1v) is 25.6. The fourth-order valence-corrected chi connectivity index (χ4v) is 8.98. The molecule has 0 saturated heterocycles. The van der Waals surface area contributed by atoms with Crippen molar-refractivity contribution in [3.8, 4) is 22.8 Å². The highest BCUT2D eigenvalue weighted by atomic mass is 127. The van der Waals surface area contributed by atoms with Gasteiger partial charge in [-0.3, -0.25) is 0 Å². The molecule has 0 spiro atoms. The minimum atomic E-state index is -2.23. The molecule has 3 aromatic heterocycles. The summed E-state index contributed by atoms with van der Waals surface area (Å²) in [6, 6.07) is 16.3. The SMILES string of the molecule is CCC[C@@](I)(N[S@+]([O-])C(C)(C)C)c1cccc(-c2cc(O[Si](C)(C)C(C)(C)C)c3cnn(-c4cccc(CO[Si](C)(C)C(C)(C)C)n4)c3c2)n1. The standard InChI is InChI=1S/C38H58IN5O3SSi2/c1-15-22-38(39,43-48(45)35(2,3)4)33-20-17-19-30(42-33)27-23-31-29(32(24-27)47-50(13,14)37(8,9)10)25-40-44(31)34-21-16-18-28(41-34)26-46-49(11,12)36(5,6)7/h16-21,23-25,43H,15,22,26H2,1-14H3/t38-,48-/m1/s1. The van der Waals surface area contributed by atoms with E-state index >= 15 is 0 Å². The van der Waals surface area contributed by atoms with Gasteiger partial charge in [-0.25, -0.2) is 14.6 Å². The van der Waals surface area contributed by atoms with Gasteiger partial charge in [-0.1, -0.05) is 67.0 Å². The molecule has 0 fully saturated rings. The van der Waals surface area contributed by atoms with Crippen LogP contribution in [0.4, 0.5) is 0 Å². The number of nitrogens with one attached hydrogen (secondary N) is 1. The molecule has 1 N–H and O–H groups in total. The van der Waals surface area contributed by atoms with Crippen molar-refractivity contribution in [2.24, 2.45) is 0 Å². The quantitative estimate of drug-likeness (QED) is 0.0499. The number of halogens is 1. The van der Waals surface area contributed by atoms with Crippen LogP contribution in [0.5, 0.6) is 5.75 Å². The number of hydrogen-bond donors (Lipinski definition) is 1. The minimum absolute atomic E-state index is 0.00113. The maximum Gasteiger partial charge on any atom is 0.250 e. The predicted octanol–water partition coefficient (Wildman–Crippen LogP) is 10.8. The molecule has 3 heterocycles. The van der Waals surface area contributed by atoms with E-state index in [4.69, 9.17) is 23.9 Å². The molecule has 1 aromatic carbocycles. The average molecular weight is 848 g/mol. The number of rotatable bonds is 12. The Morgan fingerprint density at radius 2 is 1.52 bits per heavy atom. The average Bonchev–Trinajstić information content (AvgIpc) is 3.43. The van der Waals surface area contributed by atoms with Crippen molar-refractivity contribution in [2.45, 2.75) is 133 Å². The Kier molecular flexibility index (Phi) is 12.2. The molecule has 8 nitrogen and oxygen atoms in total. The number of hydrogen-bond acceptors (Lipinski definition) is 7. The van der Waals surface area contributed by atoms with Crippen LogP contribution in [0.1, 0.15) is 93.5 Å². The van der Waals surface area contributed by atoms with Crippen LogP contribution in [0, 0.1) is 0 Å². The van der Waals surface area contributed by atoms with Crippen LogP contribution < -0.4 is 9.15 Å². The zero-order chi connectivity index (χ0) is 37.5. The maximum absolute atomic E-state index is 13.3. The van der Waals surface area contributed by atoms with Gasteiger partial charge >= 0.3 is 0 Å². The Balaban J connectivity index is 1.86. The molecule has 50 heavy (non-hydrogen) atoms. The molecule has 0 unspecified atom stereocenters. The topological polar surface area (TPSA) is 97.1 Å². The van der Waals surface area contributed by atoms with Crippen LogP contribution >= 0.6 is 22.6 Å². The second-order valence-corrected chi connectivity index (χ2v) is 30.6. The molecule has 0 aliphatic heterocycles. The van der Waals surface area contributed by atoms with Crippen molar-refractivity contribution in [1.82, 2.24) is 24.5 Å². The van der Waals surface area contributed by atoms with Gasteiger partial charge < -0.3 is 13.4 Å². The third-order valence-electron chi connectivity index (χ3n) is 10.1. The number of alkyl halides is 1. The number of nitrogens with zero attached hydrogens (tertiary/aromatic N) is 4. The minimum Gasteiger partial charge on any atom is -0.598 e. The van der Waals surface area contributed by atoms with Gasteiger partial charge in [0.05, 0.1) is 40.8 Å². The van der Waals surface area contributed by atoms with E-state index in [-0.39, 0.29) is 10.1 Å². The van der Waals surface area contributed by atoms with E-state index in [1.807, 2.05) is 68.0 Å². The van der Waals surface area contributed by atoms with Gasteiger partial charge in [-0.05, 0) is 122 Å². The van der Waals surface area contributed by atoms with Crippen molar-refractivity contribution in [1.29, 1.82) is 0 Å². The second kappa shape index (κ2) is 14.9. The van der Waals surface area contributed by atoms with Gasteiger partial charge in [0.25, 0.3) is 8.32 Å². The van der Waals surface area contributed by atoms with Gasteiger partial charge in [-0.15, -0.1) is 4.72 Å². The third kappa shape index (κ3) is 9.21. The van der Waals surface area contributed by atoms with Crippen molar-refractivity contribution in [3.05, 3.63) is 66.1 Å². The molecule has 274 valence electrons. The first-order chi connectivity index (χ1) is 22.9. The van der Waals surface area contributed by atoms with Crippen molar-refractivity contribution >= 4 is 61.5 Å². The van der Waals surface area contributed by atoms with Crippen LogP contribution in [-0.2, 0) is 25.9 Å². The van der Waals surface area contributed by atoms with Crippen LogP contribution in [0.25, 0.3) is 28.0 Å². The zero-order valence-electron chi connectivity index (χ0n) is 32.6. The maximum atomic E-state index is 13.3. The number of aromatic nitrogens is 4. The number of pyridine rings is 2. The summed E-state index contributed by atoms with van der Waals surface area (Å²) >= 11 is 1.12. The van der Waals surface area contributed by atoms with Crippen LogP contribution in [0.3, 0.4) is 0 Å². The van der Waals surface area contributed by atoms with Gasteiger partial charge in [0.15, 0.2) is 17.7 Å². The summed E-state index contributed by atoms with van der Waals surface area (Å²) in [5, 5.41) is 5.91. The van der Waals surface area contributed by atoms with E-state index < -0.39 is 36.3 Å². The largest absolute Gasteiger partial charge is 0.598 e. The molecule has 0 aliphatic rings. The first-order valence-electron chi connectivity index (χ1n) is 17.6. The zero-order valence-corrected chi connectivity index (χ0v) is 37.6. The lowest BCUT2D eigenvalue weighted by Gasteiger charge is -2.36. The molecular weight excluding hydrogens is 790 g/mol.